The van der Waals surface area contributed by atoms with Gasteiger partial charge in [-0.3, -0.25) is 10.1 Å². The number of benzene rings is 1. The topological polar surface area (TPSA) is 125 Å². The summed E-state index contributed by atoms with van der Waals surface area (Å²) in [5.41, 5.74) is 0.448. The van der Waals surface area contributed by atoms with Crippen molar-refractivity contribution < 1.29 is 25.0 Å². The van der Waals surface area contributed by atoms with E-state index in [9.17, 15) is 25.4 Å². The van der Waals surface area contributed by atoms with E-state index in [0.29, 0.717) is 5.69 Å². The molecule has 2 rings (SSSR count). The number of aliphatic hydroxyl groups is 3. The number of hydrogen-bond donors (Lipinski definition) is 4. The van der Waals surface area contributed by atoms with Gasteiger partial charge in [0, 0.05) is 17.8 Å². The third-order valence-electron chi connectivity index (χ3n) is 2.89. The van der Waals surface area contributed by atoms with Crippen LogP contribution in [0.3, 0.4) is 0 Å². The summed E-state index contributed by atoms with van der Waals surface area (Å²) in [5, 5.41) is 41.8. The van der Waals surface area contributed by atoms with Crippen LogP contribution in [0.5, 0.6) is 0 Å². The van der Waals surface area contributed by atoms with Crippen molar-refractivity contribution in [3.05, 3.63) is 34.4 Å². The second kappa shape index (κ2) is 5.49. The van der Waals surface area contributed by atoms with Crippen LogP contribution in [-0.4, -0.2) is 51.4 Å². The molecule has 1 aromatic rings. The third kappa shape index (κ3) is 2.99. The minimum absolute atomic E-state index is 0.0499. The van der Waals surface area contributed by atoms with Gasteiger partial charge < -0.3 is 25.4 Å². The highest BCUT2D eigenvalue weighted by atomic mass is 16.6. The van der Waals surface area contributed by atoms with Crippen LogP contribution in [0.1, 0.15) is 0 Å². The fourth-order valence-electron chi connectivity index (χ4n) is 1.78. The van der Waals surface area contributed by atoms with Crippen molar-refractivity contribution in [1.29, 1.82) is 0 Å². The van der Waals surface area contributed by atoms with Crippen LogP contribution in [0.25, 0.3) is 0 Å². The summed E-state index contributed by atoms with van der Waals surface area (Å²) in [6.07, 6.45) is -4.62. The van der Waals surface area contributed by atoms with Gasteiger partial charge in [0.25, 0.3) is 5.69 Å². The van der Waals surface area contributed by atoms with E-state index in [1.807, 2.05) is 0 Å². The highest BCUT2D eigenvalue weighted by molar-refractivity contribution is 5.49. The largest absolute Gasteiger partial charge is 0.388 e. The minimum Gasteiger partial charge on any atom is -0.388 e. The zero-order valence-corrected chi connectivity index (χ0v) is 9.84. The molecule has 0 radical (unpaired) electrons. The lowest BCUT2D eigenvalue weighted by Crippen LogP contribution is -2.55. The summed E-state index contributed by atoms with van der Waals surface area (Å²) in [6, 6.07) is 5.54. The molecule has 4 atom stereocenters. The van der Waals surface area contributed by atoms with Gasteiger partial charge in [-0.15, -0.1) is 0 Å². The molecule has 1 aliphatic heterocycles. The third-order valence-corrected chi connectivity index (χ3v) is 2.89. The average molecular weight is 270 g/mol. The van der Waals surface area contributed by atoms with E-state index in [2.05, 4.69) is 5.32 Å². The summed E-state index contributed by atoms with van der Waals surface area (Å²) in [5.74, 6) is 0. The molecule has 0 aromatic heterocycles. The van der Waals surface area contributed by atoms with E-state index < -0.39 is 29.5 Å². The first kappa shape index (κ1) is 13.7. The predicted octanol–water partition coefficient (Wildman–Crippen LogP) is -0.554. The second-order valence-electron chi connectivity index (χ2n) is 4.25. The molecule has 1 aliphatic rings. The lowest BCUT2D eigenvalue weighted by Gasteiger charge is -2.35. The van der Waals surface area contributed by atoms with Gasteiger partial charge >= 0.3 is 0 Å². The van der Waals surface area contributed by atoms with Gasteiger partial charge in [-0.05, 0) is 12.1 Å². The molecular formula is C11H14N2O6. The first-order valence-corrected chi connectivity index (χ1v) is 5.66. The molecule has 0 amide bonds. The number of non-ortho nitro benzene ring substituents is 1. The highest BCUT2D eigenvalue weighted by Crippen LogP contribution is 2.20. The number of nitrogens with one attached hydrogen (secondary N) is 1. The lowest BCUT2D eigenvalue weighted by molar-refractivity contribution is -0.384. The highest BCUT2D eigenvalue weighted by Gasteiger charge is 2.37. The molecule has 8 nitrogen and oxygen atoms in total. The summed E-state index contributed by atoms with van der Waals surface area (Å²) in [6.45, 7) is -0.108. The molecule has 1 aromatic carbocycles. The summed E-state index contributed by atoms with van der Waals surface area (Å²) in [7, 11) is 0. The number of anilines is 1. The molecule has 104 valence electrons. The normalized spacial score (nSPS) is 30.9. The number of ether oxygens (including phenoxy) is 1. The molecule has 1 unspecified atom stereocenters. The number of aliphatic hydroxyl groups excluding tert-OH is 3. The van der Waals surface area contributed by atoms with Crippen molar-refractivity contribution in [2.75, 3.05) is 11.9 Å². The van der Waals surface area contributed by atoms with E-state index in [-0.39, 0.29) is 12.3 Å². The van der Waals surface area contributed by atoms with Crippen LogP contribution in [-0.2, 0) is 4.74 Å². The van der Waals surface area contributed by atoms with E-state index in [4.69, 9.17) is 4.74 Å². The smallest absolute Gasteiger partial charge is 0.269 e. The number of nitro groups is 1. The Balaban J connectivity index is 2.03. The van der Waals surface area contributed by atoms with Gasteiger partial charge in [-0.25, -0.2) is 0 Å². The van der Waals surface area contributed by atoms with Gasteiger partial charge in [0.15, 0.2) is 6.23 Å². The average Bonchev–Trinajstić information content (AvgIpc) is 2.40. The fraction of sp³-hybridized carbons (Fsp3) is 0.455. The van der Waals surface area contributed by atoms with Crippen LogP contribution >= 0.6 is 0 Å². The first-order valence-electron chi connectivity index (χ1n) is 5.66. The SMILES string of the molecule is O=[N+]([O-])c1ccc(NC2OC[C@@H](O)[C@@H](O)[C@H]2O)cc1. The minimum atomic E-state index is -1.30. The molecule has 0 spiro atoms. The number of rotatable bonds is 3. The Hall–Kier alpha value is -1.74. The van der Waals surface area contributed by atoms with Gasteiger partial charge in [-0.2, -0.15) is 0 Å². The van der Waals surface area contributed by atoms with Crippen LogP contribution < -0.4 is 5.32 Å². The van der Waals surface area contributed by atoms with Crippen LogP contribution in [0.15, 0.2) is 24.3 Å². The molecule has 19 heavy (non-hydrogen) atoms. The molecule has 1 saturated heterocycles. The zero-order valence-electron chi connectivity index (χ0n) is 9.84. The molecule has 0 bridgehead atoms. The van der Waals surface area contributed by atoms with E-state index >= 15 is 0 Å². The monoisotopic (exact) mass is 270 g/mol. The summed E-state index contributed by atoms with van der Waals surface area (Å²) < 4.78 is 5.15. The Kier molecular flexibility index (Phi) is 3.96. The fourth-order valence-corrected chi connectivity index (χ4v) is 1.78. The van der Waals surface area contributed by atoms with Gasteiger partial charge in [0.2, 0.25) is 0 Å². The zero-order chi connectivity index (χ0) is 14.0. The molecular weight excluding hydrogens is 256 g/mol. The van der Waals surface area contributed by atoms with Crippen molar-refractivity contribution in [3.8, 4) is 0 Å². The Morgan fingerprint density at radius 3 is 2.42 bits per heavy atom. The Morgan fingerprint density at radius 1 is 1.21 bits per heavy atom. The lowest BCUT2D eigenvalue weighted by atomic mass is 10.0. The second-order valence-corrected chi connectivity index (χ2v) is 4.25. The van der Waals surface area contributed by atoms with Crippen LogP contribution in [0.4, 0.5) is 11.4 Å². The summed E-state index contributed by atoms with van der Waals surface area (Å²) in [4.78, 5) is 9.97. The van der Waals surface area contributed by atoms with Crippen molar-refractivity contribution >= 4 is 11.4 Å². The standard InChI is InChI=1S/C11H14N2O6/c14-8-5-19-11(10(16)9(8)15)12-6-1-3-7(4-2-6)13(17)18/h1-4,8-12,14-16H,5H2/t8-,9-,10-,11?/m1/s1. The van der Waals surface area contributed by atoms with Crippen molar-refractivity contribution in [3.63, 3.8) is 0 Å². The number of nitrogens with zero attached hydrogens (tertiary/aromatic N) is 1. The summed E-state index contributed by atoms with van der Waals surface area (Å²) >= 11 is 0. The first-order chi connectivity index (χ1) is 8.99. The molecule has 0 aliphatic carbocycles. The molecule has 1 heterocycles. The van der Waals surface area contributed by atoms with Gasteiger partial charge in [-0.1, -0.05) is 0 Å². The maximum atomic E-state index is 10.5. The van der Waals surface area contributed by atoms with E-state index in [1.54, 1.807) is 0 Å². The Morgan fingerprint density at radius 2 is 1.84 bits per heavy atom. The van der Waals surface area contributed by atoms with Gasteiger partial charge in [0.05, 0.1) is 11.5 Å². The van der Waals surface area contributed by atoms with E-state index in [1.165, 1.54) is 24.3 Å². The van der Waals surface area contributed by atoms with Crippen molar-refractivity contribution in [2.24, 2.45) is 0 Å². The maximum absolute atomic E-state index is 10.5. The molecule has 4 N–H and O–H groups in total. The maximum Gasteiger partial charge on any atom is 0.269 e. The van der Waals surface area contributed by atoms with Crippen LogP contribution in [0, 0.1) is 10.1 Å². The van der Waals surface area contributed by atoms with Crippen LogP contribution in [0.2, 0.25) is 0 Å². The molecule has 0 saturated carbocycles. The number of nitro benzene ring substituents is 1. The molecule has 8 heteroatoms. The van der Waals surface area contributed by atoms with Crippen molar-refractivity contribution in [2.45, 2.75) is 24.5 Å². The quantitative estimate of drug-likeness (QED) is 0.428. The Labute approximate surface area is 108 Å². The molecule has 1 fully saturated rings. The predicted molar refractivity (Wildman–Crippen MR) is 64.5 cm³/mol. The Bertz CT molecular complexity index is 451. The van der Waals surface area contributed by atoms with Crippen molar-refractivity contribution in [1.82, 2.24) is 0 Å². The number of hydrogen-bond acceptors (Lipinski definition) is 7. The van der Waals surface area contributed by atoms with E-state index in [0.717, 1.165) is 0 Å². The van der Waals surface area contributed by atoms with Gasteiger partial charge in [0.1, 0.15) is 18.3 Å².